The zero-order valence-electron chi connectivity index (χ0n) is 21.9. The summed E-state index contributed by atoms with van der Waals surface area (Å²) >= 11 is 0. The second kappa shape index (κ2) is 11.7. The van der Waals surface area contributed by atoms with Crippen LogP contribution in [0.4, 0.5) is 21.6 Å². The van der Waals surface area contributed by atoms with Crippen LogP contribution in [0.5, 0.6) is 11.5 Å². The van der Waals surface area contributed by atoms with E-state index < -0.39 is 27.5 Å². The largest absolute Gasteiger partial charge is 0.456 e. The number of nitrogens with zero attached hydrogens (tertiary/aromatic N) is 1. The van der Waals surface area contributed by atoms with Gasteiger partial charge in [0.1, 0.15) is 22.9 Å². The Balaban J connectivity index is 0.00000195. The van der Waals surface area contributed by atoms with Crippen LogP contribution in [0.25, 0.3) is 0 Å². The van der Waals surface area contributed by atoms with E-state index in [1.165, 1.54) is 54.9 Å². The normalized spacial score (nSPS) is 12.7. The summed E-state index contributed by atoms with van der Waals surface area (Å²) in [6, 6.07) is 10.4. The van der Waals surface area contributed by atoms with Crippen molar-refractivity contribution in [1.29, 1.82) is 0 Å². The number of aryl methyl sites for hydroxylation is 1. The summed E-state index contributed by atoms with van der Waals surface area (Å²) in [7, 11) is -2.56. The number of benzene rings is 2. The van der Waals surface area contributed by atoms with Crippen LogP contribution in [0.3, 0.4) is 0 Å². The first-order valence-corrected chi connectivity index (χ1v) is 13.6. The van der Waals surface area contributed by atoms with Crippen molar-refractivity contribution in [1.82, 2.24) is 9.88 Å². The minimum atomic E-state index is -4.03. The van der Waals surface area contributed by atoms with E-state index in [1.807, 2.05) is 13.8 Å². The molecule has 1 heterocycles. The number of carbonyl (C=O) groups excluding carboxylic acids is 1. The van der Waals surface area contributed by atoms with Crippen molar-refractivity contribution in [2.45, 2.75) is 46.6 Å². The lowest BCUT2D eigenvalue weighted by Gasteiger charge is -2.21. The highest BCUT2D eigenvalue weighted by molar-refractivity contribution is 7.90. The number of pyridine rings is 1. The monoisotopic (exact) mass is 545 g/mol. The van der Waals surface area contributed by atoms with Gasteiger partial charge >= 0.3 is 0 Å². The lowest BCUT2D eigenvalue weighted by molar-refractivity contribution is 0.0948. The summed E-state index contributed by atoms with van der Waals surface area (Å²) < 4.78 is 46.9. The molecule has 12 heteroatoms. The number of hydrogen-bond acceptors (Lipinski definition) is 6. The van der Waals surface area contributed by atoms with Gasteiger partial charge < -0.3 is 15.4 Å². The molecule has 0 spiro atoms. The van der Waals surface area contributed by atoms with Gasteiger partial charge in [0.05, 0.1) is 16.9 Å². The molecule has 204 valence electrons. The second-order valence-corrected chi connectivity index (χ2v) is 9.97. The number of ether oxygens (including phenoxy) is 1. The molecule has 4 rings (SSSR count). The Morgan fingerprint density at radius 1 is 1.13 bits per heavy atom. The molecule has 3 aromatic rings. The summed E-state index contributed by atoms with van der Waals surface area (Å²) in [6.45, 7) is 7.25. The van der Waals surface area contributed by atoms with Crippen LogP contribution < -0.4 is 30.8 Å². The molecule has 0 radical (unpaired) electrons. The third kappa shape index (κ3) is 6.90. The van der Waals surface area contributed by atoms with Gasteiger partial charge in [-0.2, -0.15) is 8.42 Å². The highest BCUT2D eigenvalue weighted by atomic mass is 32.2. The smallest absolute Gasteiger partial charge is 0.296 e. The molecule has 1 saturated carbocycles. The van der Waals surface area contributed by atoms with Crippen LogP contribution in [0.1, 0.15) is 48.2 Å². The number of anilines is 3. The zero-order chi connectivity index (χ0) is 28.2. The van der Waals surface area contributed by atoms with Gasteiger partial charge in [-0.1, -0.05) is 26.0 Å². The minimum Gasteiger partial charge on any atom is -0.456 e. The van der Waals surface area contributed by atoms with Crippen LogP contribution in [0, 0.1) is 19.7 Å². The van der Waals surface area contributed by atoms with Crippen molar-refractivity contribution in [3.63, 3.8) is 0 Å². The predicted molar refractivity (Wildman–Crippen MR) is 146 cm³/mol. The molecule has 1 aliphatic rings. The van der Waals surface area contributed by atoms with Gasteiger partial charge in [-0.25, -0.2) is 9.53 Å². The SMILES string of the molecule is CC.Cc1ccc(Nc2c(C(=O)NC3CC3)c(Oc3cccc(NS(N)(=O)=O)c3)c(C)c(=O)n2C)c(F)c1. The molecule has 0 bridgehead atoms. The Bertz CT molecular complexity index is 1520. The molecule has 5 N–H and O–H groups in total. The molecule has 2 aromatic carbocycles. The lowest BCUT2D eigenvalue weighted by atomic mass is 10.1. The minimum absolute atomic E-state index is 0.00543. The Kier molecular flexibility index (Phi) is 8.79. The zero-order valence-corrected chi connectivity index (χ0v) is 22.7. The molecular weight excluding hydrogens is 513 g/mol. The highest BCUT2D eigenvalue weighted by Gasteiger charge is 2.30. The van der Waals surface area contributed by atoms with E-state index in [1.54, 1.807) is 13.0 Å². The number of hydrogen-bond donors (Lipinski definition) is 4. The summed E-state index contributed by atoms with van der Waals surface area (Å²) in [4.78, 5) is 26.5. The highest BCUT2D eigenvalue weighted by Crippen LogP contribution is 2.35. The maximum Gasteiger partial charge on any atom is 0.296 e. The van der Waals surface area contributed by atoms with Crippen LogP contribution >= 0.6 is 0 Å². The molecule has 0 aliphatic heterocycles. The van der Waals surface area contributed by atoms with E-state index in [4.69, 9.17) is 9.88 Å². The number of nitrogens with two attached hydrogens (primary N) is 1. The molecule has 38 heavy (non-hydrogen) atoms. The van der Waals surface area contributed by atoms with Gasteiger partial charge in [-0.15, -0.1) is 0 Å². The van der Waals surface area contributed by atoms with E-state index in [0.717, 1.165) is 12.8 Å². The Morgan fingerprint density at radius 2 is 1.82 bits per heavy atom. The van der Waals surface area contributed by atoms with E-state index in [-0.39, 0.29) is 45.9 Å². The molecule has 0 unspecified atom stereocenters. The van der Waals surface area contributed by atoms with Crippen molar-refractivity contribution in [3.8, 4) is 11.5 Å². The average molecular weight is 546 g/mol. The summed E-state index contributed by atoms with van der Waals surface area (Å²) in [5, 5.41) is 10.8. The van der Waals surface area contributed by atoms with Gasteiger partial charge in [0, 0.05) is 19.2 Å². The predicted octanol–water partition coefficient (Wildman–Crippen LogP) is 4.21. The van der Waals surface area contributed by atoms with Gasteiger partial charge in [0.25, 0.3) is 21.7 Å². The van der Waals surface area contributed by atoms with Crippen molar-refractivity contribution >= 4 is 33.3 Å². The van der Waals surface area contributed by atoms with Crippen molar-refractivity contribution < 1.29 is 22.3 Å². The fourth-order valence-electron chi connectivity index (χ4n) is 3.64. The first kappa shape index (κ1) is 28.7. The third-order valence-corrected chi connectivity index (χ3v) is 6.12. The molecule has 0 atom stereocenters. The van der Waals surface area contributed by atoms with Crippen LogP contribution in [0.2, 0.25) is 0 Å². The molecule has 10 nitrogen and oxygen atoms in total. The molecular formula is C26H32FN5O5S. The summed E-state index contributed by atoms with van der Waals surface area (Å²) in [5.74, 6) is -0.909. The van der Waals surface area contributed by atoms with E-state index in [0.29, 0.717) is 5.56 Å². The van der Waals surface area contributed by atoms with E-state index >= 15 is 0 Å². The van der Waals surface area contributed by atoms with E-state index in [9.17, 15) is 22.4 Å². The second-order valence-electron chi connectivity index (χ2n) is 8.67. The summed E-state index contributed by atoms with van der Waals surface area (Å²) in [5.41, 5.74) is 0.580. The van der Waals surface area contributed by atoms with Gasteiger partial charge in [-0.05, 0) is 56.5 Å². The number of amides is 1. The Labute approximate surface area is 221 Å². The first-order valence-electron chi connectivity index (χ1n) is 12.1. The van der Waals surface area contributed by atoms with Crippen LogP contribution in [-0.2, 0) is 17.3 Å². The molecule has 1 aliphatic carbocycles. The van der Waals surface area contributed by atoms with Gasteiger partial charge in [0.2, 0.25) is 0 Å². The molecule has 0 saturated heterocycles. The van der Waals surface area contributed by atoms with Crippen molar-refractivity contribution in [2.75, 3.05) is 10.0 Å². The maximum atomic E-state index is 14.7. The van der Waals surface area contributed by atoms with E-state index in [2.05, 4.69) is 15.4 Å². The maximum absolute atomic E-state index is 14.7. The Morgan fingerprint density at radius 3 is 2.42 bits per heavy atom. The van der Waals surface area contributed by atoms with Crippen LogP contribution in [0.15, 0.2) is 47.3 Å². The third-order valence-electron chi connectivity index (χ3n) is 5.60. The average Bonchev–Trinajstić information content (AvgIpc) is 3.66. The molecule has 1 fully saturated rings. The lowest BCUT2D eigenvalue weighted by Crippen LogP contribution is -2.31. The number of nitrogens with one attached hydrogen (secondary N) is 3. The number of rotatable bonds is 8. The van der Waals surface area contributed by atoms with Crippen molar-refractivity contribution in [3.05, 3.63) is 75.3 Å². The number of carbonyl (C=O) groups is 1. The van der Waals surface area contributed by atoms with Gasteiger partial charge in [0.15, 0.2) is 5.75 Å². The fourth-order valence-corrected chi connectivity index (χ4v) is 4.09. The standard InChI is InChI=1S/C24H26FN5O5S.C2H6/c1-13-7-10-19(18(25)11-13)28-22-20(23(31)27-15-8-9-15)21(14(2)24(32)30(22)3)35-17-6-4-5-16(12-17)29-36(26,33)34;1-2/h4-7,10-12,15,28-29H,8-9H2,1-3H3,(H,27,31)(H2,26,33,34);1-2H3. The Hall–Kier alpha value is -3.90. The topological polar surface area (TPSA) is 145 Å². The quantitative estimate of drug-likeness (QED) is 0.334. The number of halogens is 1. The number of aromatic nitrogens is 1. The first-order chi connectivity index (χ1) is 17.9. The summed E-state index contributed by atoms with van der Waals surface area (Å²) in [6.07, 6.45) is 1.65. The van der Waals surface area contributed by atoms with Gasteiger partial charge in [-0.3, -0.25) is 18.9 Å². The fraction of sp³-hybridized carbons (Fsp3) is 0.308. The van der Waals surface area contributed by atoms with Crippen molar-refractivity contribution in [2.24, 2.45) is 12.2 Å². The molecule has 1 aromatic heterocycles. The molecule has 1 amide bonds. The van der Waals surface area contributed by atoms with Crippen LogP contribution in [-0.4, -0.2) is 24.9 Å².